The van der Waals surface area contributed by atoms with Gasteiger partial charge >= 0.3 is 0 Å². The van der Waals surface area contributed by atoms with Gasteiger partial charge in [0.05, 0.1) is 25.9 Å². The fraction of sp³-hybridized carbons (Fsp3) is 0.667. The topological polar surface area (TPSA) is 57.2 Å². The number of rotatable bonds is 11. The Morgan fingerprint density at radius 2 is 1.54 bits per heavy atom. The van der Waals surface area contributed by atoms with E-state index < -0.39 is 15.4 Å². The van der Waals surface area contributed by atoms with Gasteiger partial charge in [-0.3, -0.25) is 4.48 Å². The van der Waals surface area contributed by atoms with Crippen LogP contribution in [0.2, 0.25) is 0 Å². The van der Waals surface area contributed by atoms with Gasteiger partial charge in [-0.2, -0.15) is 0 Å². The first-order valence-corrected chi connectivity index (χ1v) is 10.1. The molecule has 1 atom stereocenters. The standard InChI is InChI=1S/C18H31NO3S.ClH/c1-4-5-6-7-8-12-15-18(23(20,21)22)16-19(2,3)17-13-10-9-11-14-17;/h9-11,13-14,18H,4-8,12,15-16H2,1-3H3;1H. The van der Waals surface area contributed by atoms with Gasteiger partial charge in [-0.15, -0.1) is 12.4 Å². The summed E-state index contributed by atoms with van der Waals surface area (Å²) in [5, 5.41) is -0.816. The Bertz CT molecular complexity index is 547. The van der Waals surface area contributed by atoms with E-state index in [1.165, 1.54) is 19.3 Å². The van der Waals surface area contributed by atoms with E-state index in [1.54, 1.807) is 0 Å². The van der Waals surface area contributed by atoms with Crippen molar-refractivity contribution in [2.75, 3.05) is 20.6 Å². The SMILES string of the molecule is CCCCCCCCC(C[N+](C)(C)c1ccccc1)S(=O)(=O)[O-].Cl. The molecule has 24 heavy (non-hydrogen) atoms. The molecular formula is C18H32ClNO3S. The minimum Gasteiger partial charge on any atom is -0.748 e. The largest absolute Gasteiger partial charge is 0.748 e. The van der Waals surface area contributed by atoms with E-state index in [2.05, 4.69) is 6.92 Å². The molecular weight excluding hydrogens is 346 g/mol. The number of hydrogen-bond donors (Lipinski definition) is 0. The summed E-state index contributed by atoms with van der Waals surface area (Å²) in [5.74, 6) is 0. The Kier molecular flexibility index (Phi) is 10.8. The van der Waals surface area contributed by atoms with Crippen LogP contribution in [0.1, 0.15) is 51.9 Å². The van der Waals surface area contributed by atoms with Gasteiger partial charge in [-0.05, 0) is 18.6 Å². The smallest absolute Gasteiger partial charge is 0.132 e. The first-order chi connectivity index (χ1) is 10.8. The zero-order chi connectivity index (χ0) is 17.3. The van der Waals surface area contributed by atoms with Crippen molar-refractivity contribution in [3.63, 3.8) is 0 Å². The summed E-state index contributed by atoms with van der Waals surface area (Å²) in [4.78, 5) is 0. The molecule has 0 heterocycles. The third kappa shape index (κ3) is 8.47. The lowest BCUT2D eigenvalue weighted by atomic mass is 10.1. The van der Waals surface area contributed by atoms with Gasteiger partial charge in [0.25, 0.3) is 0 Å². The second kappa shape index (κ2) is 11.1. The number of nitrogens with zero attached hydrogens (tertiary/aromatic N) is 1. The Balaban J connectivity index is 0.00000529. The van der Waals surface area contributed by atoms with Crippen LogP contribution in [0.25, 0.3) is 0 Å². The molecule has 0 fully saturated rings. The average Bonchev–Trinajstić information content (AvgIpc) is 2.49. The molecule has 140 valence electrons. The highest BCUT2D eigenvalue weighted by atomic mass is 35.5. The lowest BCUT2D eigenvalue weighted by Crippen LogP contribution is -2.48. The van der Waals surface area contributed by atoms with E-state index in [1.807, 2.05) is 44.4 Å². The molecule has 1 unspecified atom stereocenters. The fourth-order valence-electron chi connectivity index (χ4n) is 2.93. The fourth-order valence-corrected chi connectivity index (χ4v) is 3.94. The van der Waals surface area contributed by atoms with Crippen molar-refractivity contribution in [3.05, 3.63) is 30.3 Å². The lowest BCUT2D eigenvalue weighted by molar-refractivity contribution is 0.360. The Hall–Kier alpha value is -0.620. The molecule has 0 saturated heterocycles. The van der Waals surface area contributed by atoms with Crippen LogP contribution in [-0.4, -0.2) is 38.9 Å². The number of halogens is 1. The second-order valence-electron chi connectivity index (χ2n) is 6.87. The van der Waals surface area contributed by atoms with Crippen LogP contribution in [0.5, 0.6) is 0 Å². The van der Waals surface area contributed by atoms with Crippen LogP contribution in [0.15, 0.2) is 30.3 Å². The Labute approximate surface area is 154 Å². The van der Waals surface area contributed by atoms with E-state index in [9.17, 15) is 13.0 Å². The summed E-state index contributed by atoms with van der Waals surface area (Å²) in [6.07, 6.45) is 7.01. The van der Waals surface area contributed by atoms with Gasteiger partial charge in [-0.25, -0.2) is 8.42 Å². The number of benzene rings is 1. The molecule has 0 bridgehead atoms. The van der Waals surface area contributed by atoms with Crippen LogP contribution < -0.4 is 4.48 Å². The molecule has 1 aromatic carbocycles. The summed E-state index contributed by atoms with van der Waals surface area (Å²) < 4.78 is 35.3. The van der Waals surface area contributed by atoms with E-state index in [4.69, 9.17) is 0 Å². The minimum absolute atomic E-state index is 0. The van der Waals surface area contributed by atoms with Crippen LogP contribution >= 0.6 is 12.4 Å². The highest BCUT2D eigenvalue weighted by Gasteiger charge is 2.28. The van der Waals surface area contributed by atoms with E-state index in [0.717, 1.165) is 24.9 Å². The van der Waals surface area contributed by atoms with Crippen molar-refractivity contribution < 1.29 is 13.0 Å². The highest BCUT2D eigenvalue weighted by molar-refractivity contribution is 7.86. The molecule has 0 saturated carbocycles. The summed E-state index contributed by atoms with van der Waals surface area (Å²) in [6, 6.07) is 9.74. The van der Waals surface area contributed by atoms with Crippen molar-refractivity contribution >= 4 is 28.2 Å². The second-order valence-corrected chi connectivity index (χ2v) is 8.53. The molecule has 6 heteroatoms. The third-order valence-corrected chi connectivity index (χ3v) is 5.60. The van der Waals surface area contributed by atoms with Crippen molar-refractivity contribution in [1.29, 1.82) is 0 Å². The zero-order valence-corrected chi connectivity index (χ0v) is 16.7. The number of unbranched alkanes of at least 4 members (excludes halogenated alkanes) is 5. The van der Waals surface area contributed by atoms with Gasteiger partial charge in [0, 0.05) is 0 Å². The Morgan fingerprint density at radius 1 is 1.00 bits per heavy atom. The predicted molar refractivity (Wildman–Crippen MR) is 104 cm³/mol. The highest BCUT2D eigenvalue weighted by Crippen LogP contribution is 2.22. The lowest BCUT2D eigenvalue weighted by Gasteiger charge is -2.34. The molecule has 0 aliphatic rings. The van der Waals surface area contributed by atoms with Crippen LogP contribution in [0, 0.1) is 0 Å². The molecule has 0 amide bonds. The van der Waals surface area contributed by atoms with Gasteiger partial charge in [0.15, 0.2) is 0 Å². The summed E-state index contributed by atoms with van der Waals surface area (Å²) >= 11 is 0. The summed E-state index contributed by atoms with van der Waals surface area (Å²) in [6.45, 7) is 2.49. The molecule has 4 nitrogen and oxygen atoms in total. The van der Waals surface area contributed by atoms with Crippen LogP contribution in [0.4, 0.5) is 5.69 Å². The van der Waals surface area contributed by atoms with Crippen molar-refractivity contribution in [1.82, 2.24) is 4.48 Å². The molecule has 1 aromatic rings. The maximum absolute atomic E-state index is 11.6. The number of para-hydroxylation sites is 1. The molecule has 0 aliphatic heterocycles. The van der Waals surface area contributed by atoms with Gasteiger partial charge in [0.1, 0.15) is 15.8 Å². The average molecular weight is 378 g/mol. The molecule has 0 radical (unpaired) electrons. The molecule has 1 rings (SSSR count). The molecule has 0 aromatic heterocycles. The maximum atomic E-state index is 11.6. The normalized spacial score (nSPS) is 13.3. The number of quaternary nitrogens is 1. The minimum atomic E-state index is -4.27. The zero-order valence-electron chi connectivity index (χ0n) is 15.1. The molecule has 0 spiro atoms. The van der Waals surface area contributed by atoms with Gasteiger partial charge < -0.3 is 4.55 Å². The summed E-state index contributed by atoms with van der Waals surface area (Å²) in [5.41, 5.74) is 1.02. The monoisotopic (exact) mass is 377 g/mol. The Morgan fingerprint density at radius 3 is 2.08 bits per heavy atom. The predicted octanol–water partition coefficient (Wildman–Crippen LogP) is 4.34. The van der Waals surface area contributed by atoms with E-state index >= 15 is 0 Å². The maximum Gasteiger partial charge on any atom is 0.132 e. The van der Waals surface area contributed by atoms with E-state index in [0.29, 0.717) is 17.4 Å². The van der Waals surface area contributed by atoms with E-state index in [-0.39, 0.29) is 12.4 Å². The van der Waals surface area contributed by atoms with Gasteiger partial charge in [-0.1, -0.05) is 63.6 Å². The first-order valence-electron chi connectivity index (χ1n) is 8.60. The summed E-state index contributed by atoms with van der Waals surface area (Å²) in [7, 11) is -0.363. The van der Waals surface area contributed by atoms with Crippen LogP contribution in [-0.2, 0) is 10.1 Å². The van der Waals surface area contributed by atoms with Crippen molar-refractivity contribution in [3.8, 4) is 0 Å². The van der Waals surface area contributed by atoms with Crippen molar-refractivity contribution in [2.24, 2.45) is 0 Å². The quantitative estimate of drug-likeness (QED) is 0.327. The van der Waals surface area contributed by atoms with Gasteiger partial charge in [0.2, 0.25) is 0 Å². The molecule has 0 N–H and O–H groups in total. The number of hydrogen-bond acceptors (Lipinski definition) is 3. The van der Waals surface area contributed by atoms with Crippen LogP contribution in [0.3, 0.4) is 0 Å². The first kappa shape index (κ1) is 23.4. The third-order valence-electron chi connectivity index (χ3n) is 4.40. The molecule has 0 aliphatic carbocycles. The van der Waals surface area contributed by atoms with Crippen molar-refractivity contribution in [2.45, 2.75) is 57.1 Å².